The fraction of sp³-hybridized carbons (Fsp3) is 0.353. The minimum absolute atomic E-state index is 0.0429. The summed E-state index contributed by atoms with van der Waals surface area (Å²) in [4.78, 5) is 22.9. The van der Waals surface area contributed by atoms with E-state index in [1.807, 2.05) is 0 Å². The molecule has 1 aromatic heterocycles. The van der Waals surface area contributed by atoms with Crippen LogP contribution >= 0.6 is 0 Å². The van der Waals surface area contributed by atoms with Gasteiger partial charge in [-0.3, -0.25) is 4.79 Å². The lowest BCUT2D eigenvalue weighted by molar-refractivity contribution is -0.274. The highest BCUT2D eigenvalue weighted by molar-refractivity contribution is 5.76. The zero-order valence-electron chi connectivity index (χ0n) is 14.3. The van der Waals surface area contributed by atoms with Gasteiger partial charge in [0.05, 0.1) is 6.20 Å². The molecule has 0 spiro atoms. The Balaban J connectivity index is 2.19. The summed E-state index contributed by atoms with van der Waals surface area (Å²) in [7, 11) is 0. The molecule has 140 valence electrons. The van der Waals surface area contributed by atoms with E-state index in [2.05, 4.69) is 9.84 Å². The van der Waals surface area contributed by atoms with Crippen molar-refractivity contribution < 1.29 is 32.2 Å². The predicted molar refractivity (Wildman–Crippen MR) is 85.2 cm³/mol. The number of aromatic nitrogens is 2. The molecule has 0 bridgehead atoms. The molecule has 0 atom stereocenters. The minimum atomic E-state index is -4.86. The van der Waals surface area contributed by atoms with Crippen LogP contribution in [0.4, 0.5) is 18.0 Å². The van der Waals surface area contributed by atoms with Crippen molar-refractivity contribution in [3.8, 4) is 5.75 Å². The molecule has 0 unspecified atom stereocenters. The number of rotatable bonds is 4. The summed E-state index contributed by atoms with van der Waals surface area (Å²) in [5.41, 5.74) is 0.307. The summed E-state index contributed by atoms with van der Waals surface area (Å²) in [6, 6.07) is 3.60. The molecule has 0 aliphatic heterocycles. The van der Waals surface area contributed by atoms with Gasteiger partial charge < -0.3 is 9.47 Å². The summed E-state index contributed by atoms with van der Waals surface area (Å²) >= 11 is 0. The van der Waals surface area contributed by atoms with Gasteiger partial charge in [-0.05, 0) is 50.1 Å². The Bertz CT molecular complexity index is 807. The fourth-order valence-electron chi connectivity index (χ4n) is 2.14. The zero-order chi connectivity index (χ0) is 19.5. The lowest BCUT2D eigenvalue weighted by Gasteiger charge is -2.18. The second-order valence-electron chi connectivity index (χ2n) is 6.53. The molecular weight excluding hydrogens is 353 g/mol. The first-order valence-corrected chi connectivity index (χ1v) is 7.57. The Morgan fingerprint density at radius 3 is 2.46 bits per heavy atom. The van der Waals surface area contributed by atoms with Gasteiger partial charge in [0.15, 0.2) is 0 Å². The van der Waals surface area contributed by atoms with Gasteiger partial charge in [0, 0.05) is 18.2 Å². The summed E-state index contributed by atoms with van der Waals surface area (Å²) in [5, 5.41) is 3.88. The highest BCUT2D eigenvalue weighted by atomic mass is 19.4. The number of nitrogens with zero attached hydrogens (tertiary/aromatic N) is 2. The van der Waals surface area contributed by atoms with Crippen molar-refractivity contribution in [1.82, 2.24) is 9.78 Å². The van der Waals surface area contributed by atoms with Crippen molar-refractivity contribution in [2.45, 2.75) is 39.2 Å². The van der Waals surface area contributed by atoms with Crippen LogP contribution in [0.25, 0.3) is 0 Å². The van der Waals surface area contributed by atoms with Crippen molar-refractivity contribution in [2.75, 3.05) is 0 Å². The molecule has 9 heteroatoms. The number of alkyl halides is 3. The minimum Gasteiger partial charge on any atom is -0.442 e. The molecule has 0 N–H and O–H groups in total. The highest BCUT2D eigenvalue weighted by Gasteiger charge is 2.31. The molecule has 0 amide bonds. The van der Waals surface area contributed by atoms with Crippen LogP contribution in [0, 0.1) is 0 Å². The number of carbonyl (C=O) groups is 2. The van der Waals surface area contributed by atoms with Crippen LogP contribution in [-0.2, 0) is 11.2 Å². The fourth-order valence-corrected chi connectivity index (χ4v) is 2.14. The third kappa shape index (κ3) is 5.91. The Labute approximate surface area is 147 Å². The second-order valence-corrected chi connectivity index (χ2v) is 6.53. The molecule has 1 aromatic carbocycles. The number of benzene rings is 1. The molecule has 0 aliphatic rings. The van der Waals surface area contributed by atoms with E-state index in [0.29, 0.717) is 17.4 Å². The molecule has 2 aromatic rings. The maximum absolute atomic E-state index is 12.4. The van der Waals surface area contributed by atoms with Gasteiger partial charge in [-0.1, -0.05) is 0 Å². The lowest BCUT2D eigenvalue weighted by atomic mass is 10.0. The molecular formula is C17H17F3N2O4. The van der Waals surface area contributed by atoms with Gasteiger partial charge in [0.2, 0.25) is 0 Å². The monoisotopic (exact) mass is 370 g/mol. The van der Waals surface area contributed by atoms with Gasteiger partial charge in [-0.25, -0.2) is 4.79 Å². The highest BCUT2D eigenvalue weighted by Crippen LogP contribution is 2.25. The summed E-state index contributed by atoms with van der Waals surface area (Å²) in [5.74, 6) is -0.489. The first kappa shape index (κ1) is 19.5. The molecule has 1 heterocycles. The van der Waals surface area contributed by atoms with E-state index in [9.17, 15) is 22.8 Å². The van der Waals surface area contributed by atoms with Crippen LogP contribution in [0.15, 0.2) is 30.6 Å². The third-order valence-corrected chi connectivity index (χ3v) is 2.98. The molecule has 26 heavy (non-hydrogen) atoms. The number of hydrogen-bond donors (Lipinski definition) is 0. The van der Waals surface area contributed by atoms with Gasteiger partial charge >= 0.3 is 12.5 Å². The first-order valence-electron chi connectivity index (χ1n) is 7.57. The molecule has 0 aliphatic carbocycles. The van der Waals surface area contributed by atoms with E-state index in [1.54, 1.807) is 20.8 Å². The lowest BCUT2D eigenvalue weighted by Crippen LogP contribution is -2.27. The van der Waals surface area contributed by atoms with E-state index < -0.39 is 23.8 Å². The van der Waals surface area contributed by atoms with Gasteiger partial charge in [0.1, 0.15) is 17.6 Å². The average molecular weight is 370 g/mol. The van der Waals surface area contributed by atoms with Crippen LogP contribution in [0.2, 0.25) is 0 Å². The van der Waals surface area contributed by atoms with Gasteiger partial charge in [-0.15, -0.1) is 13.2 Å². The SMILES string of the molecule is CC(C)(C)OC(=O)n1cc(Cc2cc(C=O)cc(OC(F)(F)F)c2)cn1. The molecule has 6 nitrogen and oxygen atoms in total. The smallest absolute Gasteiger partial charge is 0.442 e. The molecule has 0 fully saturated rings. The Morgan fingerprint density at radius 2 is 1.88 bits per heavy atom. The average Bonchev–Trinajstić information content (AvgIpc) is 2.92. The van der Waals surface area contributed by atoms with Crippen molar-refractivity contribution in [3.63, 3.8) is 0 Å². The second kappa shape index (κ2) is 7.19. The van der Waals surface area contributed by atoms with Crippen molar-refractivity contribution in [2.24, 2.45) is 0 Å². The molecule has 0 saturated carbocycles. The Hall–Kier alpha value is -2.84. The Kier molecular flexibility index (Phi) is 5.38. The number of ether oxygens (including phenoxy) is 2. The number of hydrogen-bond acceptors (Lipinski definition) is 5. The number of halogens is 3. The van der Waals surface area contributed by atoms with E-state index in [-0.39, 0.29) is 12.0 Å². The predicted octanol–water partition coefficient (Wildman–Crippen LogP) is 3.97. The third-order valence-electron chi connectivity index (χ3n) is 2.98. The number of aldehydes is 1. The van der Waals surface area contributed by atoms with E-state index in [4.69, 9.17) is 4.74 Å². The van der Waals surface area contributed by atoms with Crippen molar-refractivity contribution in [3.05, 3.63) is 47.3 Å². The normalized spacial score (nSPS) is 11.9. The Morgan fingerprint density at radius 1 is 1.19 bits per heavy atom. The number of carbonyl (C=O) groups excluding carboxylic acids is 2. The van der Waals surface area contributed by atoms with E-state index in [1.165, 1.54) is 24.5 Å². The summed E-state index contributed by atoms with van der Waals surface area (Å²) < 4.78 is 47.2. The molecule has 0 radical (unpaired) electrons. The topological polar surface area (TPSA) is 70.4 Å². The van der Waals surface area contributed by atoms with E-state index >= 15 is 0 Å². The maximum Gasteiger partial charge on any atom is 0.573 e. The largest absolute Gasteiger partial charge is 0.573 e. The van der Waals surface area contributed by atoms with Crippen LogP contribution in [0.3, 0.4) is 0 Å². The van der Waals surface area contributed by atoms with Gasteiger partial charge in [-0.2, -0.15) is 9.78 Å². The van der Waals surface area contributed by atoms with Gasteiger partial charge in [0.25, 0.3) is 0 Å². The van der Waals surface area contributed by atoms with Crippen molar-refractivity contribution in [1.29, 1.82) is 0 Å². The molecule has 0 saturated heterocycles. The first-order chi connectivity index (χ1) is 11.9. The maximum atomic E-state index is 12.4. The zero-order valence-corrected chi connectivity index (χ0v) is 14.3. The van der Waals surface area contributed by atoms with Crippen LogP contribution in [0.5, 0.6) is 5.75 Å². The van der Waals surface area contributed by atoms with Crippen LogP contribution < -0.4 is 4.74 Å². The molecule has 2 rings (SSSR count). The standard InChI is InChI=1S/C17H17F3N2O4/c1-16(2,3)26-15(24)22-9-13(8-21-22)5-11-4-12(10-23)7-14(6-11)25-17(18,19)20/h4,6-10H,5H2,1-3H3. The summed E-state index contributed by atoms with van der Waals surface area (Å²) in [6.07, 6.45) is -2.16. The quantitative estimate of drug-likeness (QED) is 0.762. The summed E-state index contributed by atoms with van der Waals surface area (Å²) in [6.45, 7) is 5.13. The van der Waals surface area contributed by atoms with E-state index in [0.717, 1.165) is 10.7 Å². The van der Waals surface area contributed by atoms with Crippen LogP contribution in [-0.4, -0.2) is 34.1 Å². The van der Waals surface area contributed by atoms with Crippen LogP contribution in [0.1, 0.15) is 42.3 Å². The van der Waals surface area contributed by atoms with Crippen molar-refractivity contribution >= 4 is 12.4 Å².